The minimum atomic E-state index is -4.45. The lowest BCUT2D eigenvalue weighted by molar-refractivity contribution is -0.138. The maximum absolute atomic E-state index is 12.5. The molecule has 0 aliphatic heterocycles. The van der Waals surface area contributed by atoms with E-state index in [1.807, 2.05) is 0 Å². The molecule has 7 heteroatoms. The molecule has 0 radical (unpaired) electrons. The summed E-state index contributed by atoms with van der Waals surface area (Å²) in [4.78, 5) is 10.8. The van der Waals surface area contributed by atoms with Crippen molar-refractivity contribution in [1.29, 1.82) is 0 Å². The van der Waals surface area contributed by atoms with Gasteiger partial charge in [-0.3, -0.25) is 4.79 Å². The van der Waals surface area contributed by atoms with E-state index in [-0.39, 0.29) is 13.6 Å². The molecule has 1 rings (SSSR count). The third kappa shape index (κ3) is 2.83. The summed E-state index contributed by atoms with van der Waals surface area (Å²) in [5.74, 6) is -0.762. The fourth-order valence-electron chi connectivity index (χ4n) is 0.986. The highest BCUT2D eigenvalue weighted by Crippen LogP contribution is 2.38. The van der Waals surface area contributed by atoms with Gasteiger partial charge in [0.2, 0.25) is 5.91 Å². The van der Waals surface area contributed by atoms with Gasteiger partial charge in [-0.2, -0.15) is 13.2 Å². The quantitative estimate of drug-likeness (QED) is 0.732. The number of primary amides is 1. The molecule has 82 valence electrons. The molecule has 0 fully saturated rings. The number of halogens is 5. The Morgan fingerprint density at radius 1 is 1.40 bits per heavy atom. The molecule has 0 spiro atoms. The fraction of sp³-hybridized carbons (Fsp3) is 0.125. The molecule has 15 heavy (non-hydrogen) atoms. The standard InChI is InChI=1S/C8H4BrF3INO/c9-4-1-3(7(14)15)2-5(13)6(4)8(10,11)12/h1-2H,(H2,14,15). The molecule has 0 atom stereocenters. The highest BCUT2D eigenvalue weighted by Gasteiger charge is 2.35. The number of amides is 1. The van der Waals surface area contributed by atoms with Crippen molar-refractivity contribution in [2.24, 2.45) is 5.73 Å². The molecular formula is C8H4BrF3INO. The average molecular weight is 394 g/mol. The van der Waals surface area contributed by atoms with E-state index in [2.05, 4.69) is 15.9 Å². The molecule has 0 heterocycles. The Morgan fingerprint density at radius 2 is 1.93 bits per heavy atom. The van der Waals surface area contributed by atoms with Crippen LogP contribution >= 0.6 is 38.5 Å². The summed E-state index contributed by atoms with van der Waals surface area (Å²) in [6.07, 6.45) is -4.45. The highest BCUT2D eigenvalue weighted by atomic mass is 127. The molecular weight excluding hydrogens is 390 g/mol. The van der Waals surface area contributed by atoms with Crippen molar-refractivity contribution in [2.45, 2.75) is 6.18 Å². The first-order valence-corrected chi connectivity index (χ1v) is 5.46. The molecule has 1 aromatic carbocycles. The molecule has 0 aliphatic rings. The van der Waals surface area contributed by atoms with Gasteiger partial charge in [0, 0.05) is 13.6 Å². The Morgan fingerprint density at radius 3 is 2.27 bits per heavy atom. The second-order valence-electron chi connectivity index (χ2n) is 2.68. The minimum absolute atomic E-state index is 0.0410. The smallest absolute Gasteiger partial charge is 0.366 e. The zero-order valence-electron chi connectivity index (χ0n) is 7.03. The van der Waals surface area contributed by atoms with Gasteiger partial charge in [-0.15, -0.1) is 0 Å². The van der Waals surface area contributed by atoms with Gasteiger partial charge in [0.1, 0.15) is 0 Å². The molecule has 0 saturated heterocycles. The summed E-state index contributed by atoms with van der Waals surface area (Å²) in [7, 11) is 0. The van der Waals surface area contributed by atoms with Gasteiger partial charge >= 0.3 is 6.18 Å². The van der Waals surface area contributed by atoms with Gasteiger partial charge in [0.25, 0.3) is 0 Å². The highest BCUT2D eigenvalue weighted by molar-refractivity contribution is 14.1. The van der Waals surface area contributed by atoms with Crippen LogP contribution in [0.3, 0.4) is 0 Å². The van der Waals surface area contributed by atoms with E-state index in [1.54, 1.807) is 0 Å². The van der Waals surface area contributed by atoms with E-state index >= 15 is 0 Å². The van der Waals surface area contributed by atoms with E-state index in [4.69, 9.17) is 5.73 Å². The third-order valence-electron chi connectivity index (χ3n) is 1.61. The van der Waals surface area contributed by atoms with Crippen molar-refractivity contribution in [2.75, 3.05) is 0 Å². The van der Waals surface area contributed by atoms with Crippen molar-refractivity contribution in [1.82, 2.24) is 0 Å². The second-order valence-corrected chi connectivity index (χ2v) is 4.69. The van der Waals surface area contributed by atoms with Crippen LogP contribution in [-0.2, 0) is 6.18 Å². The summed E-state index contributed by atoms with van der Waals surface area (Å²) in [5.41, 5.74) is 4.21. The van der Waals surface area contributed by atoms with E-state index < -0.39 is 17.6 Å². The fourth-order valence-corrected chi connectivity index (χ4v) is 2.97. The number of benzene rings is 1. The lowest BCUT2D eigenvalue weighted by Gasteiger charge is -2.12. The van der Waals surface area contributed by atoms with E-state index in [9.17, 15) is 18.0 Å². The SMILES string of the molecule is NC(=O)c1cc(Br)c(C(F)(F)F)c(I)c1. The lowest BCUT2D eigenvalue weighted by Crippen LogP contribution is -2.14. The molecule has 0 aliphatic carbocycles. The van der Waals surface area contributed by atoms with Crippen LogP contribution < -0.4 is 5.73 Å². The second kappa shape index (κ2) is 4.28. The van der Waals surface area contributed by atoms with Crippen LogP contribution in [0.4, 0.5) is 13.2 Å². The molecule has 1 aromatic rings. The Kier molecular flexibility index (Phi) is 3.64. The summed E-state index contributed by atoms with van der Waals surface area (Å²) in [6.45, 7) is 0. The zero-order chi connectivity index (χ0) is 11.8. The van der Waals surface area contributed by atoms with E-state index in [1.165, 1.54) is 22.6 Å². The van der Waals surface area contributed by atoms with Gasteiger partial charge in [0.15, 0.2) is 0 Å². The van der Waals surface area contributed by atoms with Gasteiger partial charge in [-0.05, 0) is 34.7 Å². The maximum atomic E-state index is 12.5. The van der Waals surface area contributed by atoms with Crippen LogP contribution in [0.15, 0.2) is 16.6 Å². The normalized spacial score (nSPS) is 11.5. The first-order valence-electron chi connectivity index (χ1n) is 3.59. The van der Waals surface area contributed by atoms with Gasteiger partial charge < -0.3 is 5.73 Å². The Labute approximate surface area is 105 Å². The molecule has 2 nitrogen and oxygen atoms in total. The maximum Gasteiger partial charge on any atom is 0.418 e. The molecule has 0 bridgehead atoms. The van der Waals surface area contributed by atoms with Crippen molar-refractivity contribution in [3.05, 3.63) is 31.3 Å². The predicted molar refractivity (Wildman–Crippen MR) is 60.4 cm³/mol. The minimum Gasteiger partial charge on any atom is -0.366 e. The van der Waals surface area contributed by atoms with Crippen molar-refractivity contribution < 1.29 is 18.0 Å². The van der Waals surface area contributed by atoms with Crippen LogP contribution in [0, 0.1) is 3.57 Å². The number of hydrogen-bond acceptors (Lipinski definition) is 1. The van der Waals surface area contributed by atoms with Crippen molar-refractivity contribution in [3.8, 4) is 0 Å². The number of carbonyl (C=O) groups excluding carboxylic acids is 1. The number of alkyl halides is 3. The lowest BCUT2D eigenvalue weighted by atomic mass is 10.1. The van der Waals surface area contributed by atoms with E-state index in [0.29, 0.717) is 0 Å². The molecule has 0 saturated carbocycles. The van der Waals surface area contributed by atoms with Crippen LogP contribution in [0.25, 0.3) is 0 Å². The zero-order valence-corrected chi connectivity index (χ0v) is 10.8. The number of carbonyl (C=O) groups is 1. The number of rotatable bonds is 1. The van der Waals surface area contributed by atoms with Gasteiger partial charge in [-0.25, -0.2) is 0 Å². The molecule has 2 N–H and O–H groups in total. The Hall–Kier alpha value is -0.310. The first-order chi connectivity index (χ1) is 6.73. The summed E-state index contributed by atoms with van der Waals surface area (Å²) in [5, 5.41) is 0. The average Bonchev–Trinajstić information content (AvgIpc) is 1.99. The van der Waals surface area contributed by atoms with Crippen LogP contribution in [0.2, 0.25) is 0 Å². The summed E-state index contributed by atoms with van der Waals surface area (Å²) < 4.78 is 37.2. The predicted octanol–water partition coefficient (Wildman–Crippen LogP) is 3.17. The van der Waals surface area contributed by atoms with Crippen molar-refractivity contribution >= 4 is 44.4 Å². The number of hydrogen-bond donors (Lipinski definition) is 1. The first kappa shape index (κ1) is 12.8. The Bertz CT molecular complexity index is 396. The Balaban J connectivity index is 3.41. The third-order valence-corrected chi connectivity index (χ3v) is 3.09. The summed E-state index contributed by atoms with van der Waals surface area (Å²) in [6, 6.07) is 2.17. The molecule has 1 amide bonds. The monoisotopic (exact) mass is 393 g/mol. The van der Waals surface area contributed by atoms with Crippen LogP contribution in [0.5, 0.6) is 0 Å². The van der Waals surface area contributed by atoms with Crippen LogP contribution in [0.1, 0.15) is 15.9 Å². The van der Waals surface area contributed by atoms with E-state index in [0.717, 1.165) is 12.1 Å². The molecule has 0 unspecified atom stereocenters. The topological polar surface area (TPSA) is 43.1 Å². The van der Waals surface area contributed by atoms with Crippen molar-refractivity contribution in [3.63, 3.8) is 0 Å². The van der Waals surface area contributed by atoms with Crippen LogP contribution in [-0.4, -0.2) is 5.91 Å². The van der Waals surface area contributed by atoms with Gasteiger partial charge in [0.05, 0.1) is 5.56 Å². The van der Waals surface area contributed by atoms with Gasteiger partial charge in [-0.1, -0.05) is 15.9 Å². The molecule has 0 aromatic heterocycles. The number of nitrogens with two attached hydrogens (primary N) is 1. The summed E-state index contributed by atoms with van der Waals surface area (Å²) >= 11 is 4.28. The largest absolute Gasteiger partial charge is 0.418 e.